The van der Waals surface area contributed by atoms with Crippen LogP contribution in [0.3, 0.4) is 0 Å². The summed E-state index contributed by atoms with van der Waals surface area (Å²) < 4.78 is 38.8. The Morgan fingerprint density at radius 2 is 1.62 bits per heavy atom. The molecule has 3 rings (SSSR count). The first-order valence-corrected chi connectivity index (χ1v) is 12.9. The van der Waals surface area contributed by atoms with Crippen LogP contribution in [0.2, 0.25) is 10.0 Å². The molecule has 0 bridgehead atoms. The minimum Gasteiger partial charge on any atom is -0.494 e. The van der Waals surface area contributed by atoms with Crippen molar-refractivity contribution in [1.29, 1.82) is 0 Å². The maximum atomic E-state index is 13.4. The smallest absolute Gasteiger partial charge is 0.270 e. The summed E-state index contributed by atoms with van der Waals surface area (Å²) in [7, 11) is -4.13. The predicted octanol–water partition coefficient (Wildman–Crippen LogP) is 6.28. The van der Waals surface area contributed by atoms with Crippen molar-refractivity contribution in [2.45, 2.75) is 31.6 Å². The second-order valence-corrected chi connectivity index (χ2v) is 10.1. The largest absolute Gasteiger partial charge is 0.494 e. The summed E-state index contributed by atoms with van der Waals surface area (Å²) in [6.45, 7) is 4.36. The molecule has 0 atom stereocenters. The highest BCUT2D eigenvalue weighted by atomic mass is 35.5. The first-order chi connectivity index (χ1) is 16.2. The van der Waals surface area contributed by atoms with Crippen molar-refractivity contribution in [2.75, 3.05) is 17.5 Å². The normalized spacial score (nSPS) is 11.2. The van der Waals surface area contributed by atoms with Crippen LogP contribution in [0.25, 0.3) is 0 Å². The van der Waals surface area contributed by atoms with Crippen LogP contribution in [0.5, 0.6) is 11.5 Å². The molecule has 0 radical (unpaired) electrons. The average Bonchev–Trinajstić information content (AvgIpc) is 2.79. The van der Waals surface area contributed by atoms with Crippen molar-refractivity contribution in [3.05, 3.63) is 82.3 Å². The van der Waals surface area contributed by atoms with E-state index in [1.54, 1.807) is 54.6 Å². The number of benzene rings is 3. The van der Waals surface area contributed by atoms with Gasteiger partial charge in [0.05, 0.1) is 28.8 Å². The summed E-state index contributed by atoms with van der Waals surface area (Å²) in [6.07, 6.45) is 0.234. The summed E-state index contributed by atoms with van der Waals surface area (Å²) >= 11 is 12.0. The number of anilines is 1. The van der Waals surface area contributed by atoms with Gasteiger partial charge in [0.1, 0.15) is 11.5 Å². The number of aryl methyl sites for hydroxylation is 1. The molecule has 0 aliphatic carbocycles. The molecular weight excluding hydrogens is 497 g/mol. The minimum atomic E-state index is -4.13. The SMILES string of the molecule is CCOc1ccc(N(C(=O)CCCOc2ccc(Cl)cc2Cl)S(=O)(=O)c2ccc(C)cc2)cc1. The number of hydrogen-bond acceptors (Lipinski definition) is 5. The van der Waals surface area contributed by atoms with Gasteiger partial charge in [0, 0.05) is 11.4 Å². The van der Waals surface area contributed by atoms with Crippen molar-refractivity contribution in [3.8, 4) is 11.5 Å². The Morgan fingerprint density at radius 3 is 2.24 bits per heavy atom. The number of amides is 1. The quantitative estimate of drug-likeness (QED) is 0.293. The summed E-state index contributed by atoms with van der Waals surface area (Å²) in [5.41, 5.74) is 1.14. The van der Waals surface area contributed by atoms with Gasteiger partial charge in [0.15, 0.2) is 0 Å². The molecule has 0 spiro atoms. The van der Waals surface area contributed by atoms with E-state index in [1.165, 1.54) is 12.1 Å². The highest BCUT2D eigenvalue weighted by molar-refractivity contribution is 7.93. The van der Waals surface area contributed by atoms with Crippen LogP contribution in [0.1, 0.15) is 25.3 Å². The van der Waals surface area contributed by atoms with Crippen LogP contribution >= 0.6 is 23.2 Å². The van der Waals surface area contributed by atoms with Gasteiger partial charge in [-0.3, -0.25) is 4.79 Å². The Kier molecular flexibility index (Phi) is 8.83. The fourth-order valence-corrected chi connectivity index (χ4v) is 5.09. The third-order valence-electron chi connectivity index (χ3n) is 4.85. The molecule has 0 N–H and O–H groups in total. The van der Waals surface area contributed by atoms with Crippen molar-refractivity contribution < 1.29 is 22.7 Å². The van der Waals surface area contributed by atoms with Gasteiger partial charge in [-0.15, -0.1) is 0 Å². The molecule has 6 nitrogen and oxygen atoms in total. The number of carbonyl (C=O) groups is 1. The van der Waals surface area contributed by atoms with E-state index in [2.05, 4.69) is 0 Å². The maximum Gasteiger partial charge on any atom is 0.270 e. The second kappa shape index (κ2) is 11.6. The van der Waals surface area contributed by atoms with Gasteiger partial charge in [-0.1, -0.05) is 40.9 Å². The van der Waals surface area contributed by atoms with Gasteiger partial charge < -0.3 is 9.47 Å². The lowest BCUT2D eigenvalue weighted by molar-refractivity contribution is -0.117. The van der Waals surface area contributed by atoms with E-state index in [0.29, 0.717) is 28.2 Å². The number of nitrogens with zero attached hydrogens (tertiary/aromatic N) is 1. The van der Waals surface area contributed by atoms with Crippen LogP contribution in [0, 0.1) is 6.92 Å². The molecular formula is C25H25Cl2NO5S. The topological polar surface area (TPSA) is 72.9 Å². The van der Waals surface area contributed by atoms with Crippen molar-refractivity contribution >= 4 is 44.8 Å². The molecule has 34 heavy (non-hydrogen) atoms. The Balaban J connectivity index is 1.79. The zero-order valence-electron chi connectivity index (χ0n) is 18.8. The lowest BCUT2D eigenvalue weighted by Gasteiger charge is -2.23. The molecule has 0 unspecified atom stereocenters. The van der Waals surface area contributed by atoms with Crippen molar-refractivity contribution in [1.82, 2.24) is 0 Å². The molecule has 1 amide bonds. The summed E-state index contributed by atoms with van der Waals surface area (Å²) in [5, 5.41) is 0.844. The van der Waals surface area contributed by atoms with Crippen molar-refractivity contribution in [2.24, 2.45) is 0 Å². The van der Waals surface area contributed by atoms with Gasteiger partial charge in [0.2, 0.25) is 5.91 Å². The summed E-state index contributed by atoms with van der Waals surface area (Å²) in [4.78, 5) is 13.2. The Labute approximate surface area is 210 Å². The summed E-state index contributed by atoms with van der Waals surface area (Å²) in [5.74, 6) is 0.448. The molecule has 3 aromatic rings. The molecule has 0 aromatic heterocycles. The monoisotopic (exact) mass is 521 g/mol. The lowest BCUT2D eigenvalue weighted by atomic mass is 10.2. The van der Waals surface area contributed by atoms with E-state index in [4.69, 9.17) is 32.7 Å². The molecule has 9 heteroatoms. The average molecular weight is 522 g/mol. The number of carbonyl (C=O) groups excluding carboxylic acids is 1. The van der Waals surface area contributed by atoms with Crippen LogP contribution in [0.15, 0.2) is 71.6 Å². The third-order valence-corrected chi connectivity index (χ3v) is 7.15. The van der Waals surface area contributed by atoms with Crippen LogP contribution < -0.4 is 13.8 Å². The summed E-state index contributed by atoms with van der Waals surface area (Å²) in [6, 6.07) is 17.6. The molecule has 0 saturated heterocycles. The second-order valence-electron chi connectivity index (χ2n) is 7.43. The zero-order valence-corrected chi connectivity index (χ0v) is 21.2. The minimum absolute atomic E-state index is 0.0320. The maximum absolute atomic E-state index is 13.4. The molecule has 0 aliphatic rings. The Hall–Kier alpha value is -2.74. The molecule has 0 saturated carbocycles. The number of sulfonamides is 1. The predicted molar refractivity (Wildman–Crippen MR) is 135 cm³/mol. The zero-order chi connectivity index (χ0) is 24.7. The van der Waals surface area contributed by atoms with Crippen LogP contribution in [-0.4, -0.2) is 27.5 Å². The van der Waals surface area contributed by atoms with E-state index in [1.807, 2.05) is 13.8 Å². The standard InChI is InChI=1S/C25H25Cl2NO5S/c1-3-32-21-11-9-20(10-12-21)28(34(30,31)22-13-6-18(2)7-14-22)25(29)5-4-16-33-24-15-8-19(26)17-23(24)27/h6-15,17H,3-5,16H2,1-2H3. The first kappa shape index (κ1) is 25.9. The first-order valence-electron chi connectivity index (χ1n) is 10.7. The van der Waals surface area contributed by atoms with Gasteiger partial charge in [-0.05, 0) is 74.9 Å². The van der Waals surface area contributed by atoms with Crippen LogP contribution in [-0.2, 0) is 14.8 Å². The molecule has 0 heterocycles. The lowest BCUT2D eigenvalue weighted by Crippen LogP contribution is -2.37. The number of hydrogen-bond donors (Lipinski definition) is 0. The number of halogens is 2. The number of rotatable bonds is 10. The van der Waals surface area contributed by atoms with Crippen molar-refractivity contribution in [3.63, 3.8) is 0 Å². The van der Waals surface area contributed by atoms with Gasteiger partial charge in [0.25, 0.3) is 10.0 Å². The van der Waals surface area contributed by atoms with E-state index >= 15 is 0 Å². The highest BCUT2D eigenvalue weighted by Crippen LogP contribution is 2.29. The Morgan fingerprint density at radius 1 is 0.941 bits per heavy atom. The third kappa shape index (κ3) is 6.44. The van der Waals surface area contributed by atoms with E-state index in [0.717, 1.165) is 9.87 Å². The Bertz CT molecular complexity index is 1230. The molecule has 3 aromatic carbocycles. The molecule has 0 fully saturated rings. The fourth-order valence-electron chi connectivity index (χ4n) is 3.18. The van der Waals surface area contributed by atoms with E-state index < -0.39 is 15.9 Å². The molecule has 0 aliphatic heterocycles. The van der Waals surface area contributed by atoms with Gasteiger partial charge in [-0.25, -0.2) is 12.7 Å². The fraction of sp³-hybridized carbons (Fsp3) is 0.240. The van der Waals surface area contributed by atoms with Crippen LogP contribution in [0.4, 0.5) is 5.69 Å². The van der Waals surface area contributed by atoms with Gasteiger partial charge in [-0.2, -0.15) is 0 Å². The van der Waals surface area contributed by atoms with E-state index in [-0.39, 0.29) is 30.0 Å². The van der Waals surface area contributed by atoms with Gasteiger partial charge >= 0.3 is 0 Å². The molecule has 180 valence electrons. The highest BCUT2D eigenvalue weighted by Gasteiger charge is 2.30. The van der Waals surface area contributed by atoms with E-state index in [9.17, 15) is 13.2 Å². The number of ether oxygens (including phenoxy) is 2.